The van der Waals surface area contributed by atoms with E-state index < -0.39 is 23.8 Å². The Bertz CT molecular complexity index is 1290. The van der Waals surface area contributed by atoms with Crippen LogP contribution in [-0.4, -0.2) is 38.0 Å². The largest absolute Gasteiger partial charge is 0.497 e. The molecule has 166 valence electrons. The van der Waals surface area contributed by atoms with Gasteiger partial charge in [0.05, 0.1) is 25.5 Å². The lowest BCUT2D eigenvalue weighted by molar-refractivity contribution is -0.122. The summed E-state index contributed by atoms with van der Waals surface area (Å²) in [5.41, 5.74) is 0.774. The topological polar surface area (TPSA) is 115 Å². The third-order valence-electron chi connectivity index (χ3n) is 4.94. The van der Waals surface area contributed by atoms with Gasteiger partial charge in [-0.25, -0.2) is 14.5 Å². The van der Waals surface area contributed by atoms with Crippen molar-refractivity contribution in [2.45, 2.75) is 0 Å². The second-order valence-corrected chi connectivity index (χ2v) is 6.90. The molecule has 1 aromatic heterocycles. The number of carbonyl (C=O) groups is 4. The van der Waals surface area contributed by atoms with E-state index in [1.165, 1.54) is 32.4 Å². The molecule has 3 aromatic rings. The van der Waals surface area contributed by atoms with Crippen molar-refractivity contribution in [2.75, 3.05) is 19.1 Å². The zero-order valence-corrected chi connectivity index (χ0v) is 17.7. The molecule has 9 heteroatoms. The summed E-state index contributed by atoms with van der Waals surface area (Å²) in [6.45, 7) is 0. The van der Waals surface area contributed by atoms with E-state index in [1.54, 1.807) is 48.5 Å². The number of carbonyl (C=O) groups excluding carboxylic acids is 4. The number of rotatable bonds is 5. The highest BCUT2D eigenvalue weighted by Gasteiger charge is 2.37. The van der Waals surface area contributed by atoms with Crippen LogP contribution in [0.15, 0.2) is 70.7 Å². The van der Waals surface area contributed by atoms with E-state index in [4.69, 9.17) is 13.9 Å². The normalized spacial score (nSPS) is 14.9. The minimum atomic E-state index is -0.862. The summed E-state index contributed by atoms with van der Waals surface area (Å²) in [5, 5.41) is 2.15. The highest BCUT2D eigenvalue weighted by atomic mass is 16.5. The zero-order valence-electron chi connectivity index (χ0n) is 17.7. The minimum Gasteiger partial charge on any atom is -0.497 e. The Morgan fingerprint density at radius 1 is 0.970 bits per heavy atom. The third kappa shape index (κ3) is 4.11. The maximum absolute atomic E-state index is 13.0. The Balaban J connectivity index is 1.67. The lowest BCUT2D eigenvalue weighted by Crippen LogP contribution is -2.54. The van der Waals surface area contributed by atoms with E-state index in [0.29, 0.717) is 22.6 Å². The zero-order chi connectivity index (χ0) is 23.5. The SMILES string of the molecule is COC(=O)c1ccccc1-c1ccc(/C=C2\C(=O)NC(=O)N(c3ccc(OC)cc3)C2=O)o1. The fourth-order valence-corrected chi connectivity index (χ4v) is 3.33. The highest BCUT2D eigenvalue weighted by molar-refractivity contribution is 6.39. The Kier molecular flexibility index (Phi) is 5.77. The van der Waals surface area contributed by atoms with E-state index in [0.717, 1.165) is 4.90 Å². The number of anilines is 1. The van der Waals surface area contributed by atoms with E-state index in [-0.39, 0.29) is 17.0 Å². The summed E-state index contributed by atoms with van der Waals surface area (Å²) in [6, 6.07) is 15.2. The van der Waals surface area contributed by atoms with E-state index in [2.05, 4.69) is 5.32 Å². The van der Waals surface area contributed by atoms with Crippen molar-refractivity contribution >= 4 is 35.6 Å². The van der Waals surface area contributed by atoms with Gasteiger partial charge in [-0.15, -0.1) is 0 Å². The predicted octanol–water partition coefficient (Wildman–Crippen LogP) is 3.41. The number of esters is 1. The maximum atomic E-state index is 13.0. The van der Waals surface area contributed by atoms with Crippen molar-refractivity contribution in [2.24, 2.45) is 0 Å². The fraction of sp³-hybridized carbons (Fsp3) is 0.0833. The van der Waals surface area contributed by atoms with Gasteiger partial charge in [0.2, 0.25) is 0 Å². The monoisotopic (exact) mass is 446 g/mol. The van der Waals surface area contributed by atoms with Gasteiger partial charge in [0.25, 0.3) is 11.8 Å². The van der Waals surface area contributed by atoms with Gasteiger partial charge in [-0.2, -0.15) is 0 Å². The summed E-state index contributed by atoms with van der Waals surface area (Å²) in [5.74, 6) is -1.10. The molecule has 0 saturated carbocycles. The van der Waals surface area contributed by atoms with E-state index in [1.807, 2.05) is 0 Å². The molecule has 9 nitrogen and oxygen atoms in total. The Labute approximate surface area is 188 Å². The number of nitrogens with zero attached hydrogens (tertiary/aromatic N) is 1. The maximum Gasteiger partial charge on any atom is 0.338 e. The van der Waals surface area contributed by atoms with Gasteiger partial charge in [-0.1, -0.05) is 18.2 Å². The van der Waals surface area contributed by atoms with Crippen molar-refractivity contribution in [1.82, 2.24) is 5.32 Å². The molecule has 0 bridgehead atoms. The van der Waals surface area contributed by atoms with Crippen LogP contribution >= 0.6 is 0 Å². The van der Waals surface area contributed by atoms with Crippen molar-refractivity contribution in [3.63, 3.8) is 0 Å². The molecule has 0 unspecified atom stereocenters. The predicted molar refractivity (Wildman–Crippen MR) is 117 cm³/mol. The molecular weight excluding hydrogens is 428 g/mol. The van der Waals surface area contributed by atoms with Crippen molar-refractivity contribution < 1.29 is 33.1 Å². The molecule has 1 saturated heterocycles. The van der Waals surface area contributed by atoms with Gasteiger partial charge in [0, 0.05) is 5.56 Å². The lowest BCUT2D eigenvalue weighted by atomic mass is 10.1. The second-order valence-electron chi connectivity index (χ2n) is 6.90. The molecule has 33 heavy (non-hydrogen) atoms. The second kappa shape index (κ2) is 8.83. The first kappa shape index (κ1) is 21.6. The molecule has 0 atom stereocenters. The quantitative estimate of drug-likeness (QED) is 0.363. The molecule has 0 aliphatic carbocycles. The van der Waals surface area contributed by atoms with Crippen molar-refractivity contribution in [3.8, 4) is 17.1 Å². The molecule has 1 aliphatic heterocycles. The van der Waals surface area contributed by atoms with Crippen LogP contribution in [0.25, 0.3) is 17.4 Å². The van der Waals surface area contributed by atoms with Gasteiger partial charge < -0.3 is 13.9 Å². The first-order valence-electron chi connectivity index (χ1n) is 9.76. The van der Waals surface area contributed by atoms with Crippen molar-refractivity contribution in [3.05, 3.63) is 77.6 Å². The molecular formula is C24H18N2O7. The number of hydrogen-bond acceptors (Lipinski definition) is 7. The number of imide groups is 2. The number of urea groups is 1. The standard InChI is InChI=1S/C24H18N2O7/c1-31-15-9-7-14(8-10-15)26-22(28)19(21(27)25-24(26)30)13-16-11-12-20(33-16)17-5-3-4-6-18(17)23(29)32-2/h3-13H,1-2H3,(H,25,27,30)/b19-13+. The Morgan fingerprint density at radius 2 is 1.70 bits per heavy atom. The number of methoxy groups -OCH3 is 2. The number of benzene rings is 2. The van der Waals surface area contributed by atoms with Crippen LogP contribution in [0.1, 0.15) is 16.1 Å². The first-order chi connectivity index (χ1) is 15.9. The van der Waals surface area contributed by atoms with Crippen LogP contribution in [0.5, 0.6) is 5.75 Å². The van der Waals surface area contributed by atoms with Crippen LogP contribution in [0.3, 0.4) is 0 Å². The number of nitrogens with one attached hydrogen (secondary N) is 1. The average Bonchev–Trinajstić information content (AvgIpc) is 3.30. The van der Waals surface area contributed by atoms with Gasteiger partial charge in [0.1, 0.15) is 22.8 Å². The summed E-state index contributed by atoms with van der Waals surface area (Å²) in [4.78, 5) is 50.6. The molecule has 0 spiro atoms. The average molecular weight is 446 g/mol. The summed E-state index contributed by atoms with van der Waals surface area (Å²) < 4.78 is 15.6. The Morgan fingerprint density at radius 3 is 2.39 bits per heavy atom. The number of furan rings is 1. The highest BCUT2D eigenvalue weighted by Crippen LogP contribution is 2.29. The molecule has 2 aromatic carbocycles. The lowest BCUT2D eigenvalue weighted by Gasteiger charge is -2.26. The van der Waals surface area contributed by atoms with Crippen molar-refractivity contribution in [1.29, 1.82) is 0 Å². The Hall–Kier alpha value is -4.66. The summed E-state index contributed by atoms with van der Waals surface area (Å²) >= 11 is 0. The van der Waals surface area contributed by atoms with Crippen LogP contribution in [0.4, 0.5) is 10.5 Å². The molecule has 4 amide bonds. The number of amides is 4. The number of barbiturate groups is 1. The molecule has 4 rings (SSSR count). The van der Waals surface area contributed by atoms with Crippen LogP contribution in [0.2, 0.25) is 0 Å². The van der Waals surface area contributed by atoms with Gasteiger partial charge >= 0.3 is 12.0 Å². The number of hydrogen-bond donors (Lipinski definition) is 1. The smallest absolute Gasteiger partial charge is 0.338 e. The van der Waals surface area contributed by atoms with Gasteiger partial charge in [-0.3, -0.25) is 14.9 Å². The fourth-order valence-electron chi connectivity index (χ4n) is 3.33. The molecule has 1 fully saturated rings. The summed E-state index contributed by atoms with van der Waals surface area (Å²) in [6.07, 6.45) is 1.24. The summed E-state index contributed by atoms with van der Waals surface area (Å²) in [7, 11) is 2.77. The van der Waals surface area contributed by atoms with Crippen LogP contribution in [0, 0.1) is 0 Å². The van der Waals surface area contributed by atoms with Gasteiger partial charge in [-0.05, 0) is 48.5 Å². The van der Waals surface area contributed by atoms with E-state index in [9.17, 15) is 19.2 Å². The van der Waals surface area contributed by atoms with Gasteiger partial charge in [0.15, 0.2) is 0 Å². The van der Waals surface area contributed by atoms with Crippen LogP contribution in [-0.2, 0) is 14.3 Å². The first-order valence-corrected chi connectivity index (χ1v) is 9.76. The minimum absolute atomic E-state index is 0.187. The molecule has 1 N–H and O–H groups in total. The third-order valence-corrected chi connectivity index (χ3v) is 4.94. The molecule has 1 aliphatic rings. The molecule has 2 heterocycles. The van der Waals surface area contributed by atoms with E-state index >= 15 is 0 Å². The van der Waals surface area contributed by atoms with Crippen LogP contribution < -0.4 is 15.0 Å². The molecule has 0 radical (unpaired) electrons. The number of ether oxygens (including phenoxy) is 2.